The van der Waals surface area contributed by atoms with Crippen molar-refractivity contribution >= 4 is 17.5 Å². The Morgan fingerprint density at radius 2 is 1.94 bits per heavy atom. The van der Waals surface area contributed by atoms with Gasteiger partial charge in [0, 0.05) is 67.7 Å². The zero-order valence-electron chi connectivity index (χ0n) is 18.8. The summed E-state index contributed by atoms with van der Waals surface area (Å²) in [6.45, 7) is 8.24. The lowest BCUT2D eigenvalue weighted by Crippen LogP contribution is -2.34. The van der Waals surface area contributed by atoms with Gasteiger partial charge in [0.25, 0.3) is 0 Å². The number of nitrogens with zero attached hydrogens (tertiary/aromatic N) is 6. The van der Waals surface area contributed by atoms with Crippen molar-refractivity contribution in [2.24, 2.45) is 0 Å². The Kier molecular flexibility index (Phi) is 6.58. The highest BCUT2D eigenvalue weighted by Gasteiger charge is 2.26. The van der Waals surface area contributed by atoms with Crippen molar-refractivity contribution in [3.05, 3.63) is 58.6 Å². The van der Waals surface area contributed by atoms with Crippen LogP contribution in [0.4, 0.5) is 5.95 Å². The van der Waals surface area contributed by atoms with Crippen LogP contribution in [-0.4, -0.2) is 51.8 Å². The van der Waals surface area contributed by atoms with Crippen molar-refractivity contribution in [1.29, 1.82) is 0 Å². The number of likely N-dealkylation sites (tertiary alicyclic amines) is 1. The second-order valence-electron chi connectivity index (χ2n) is 8.52. The first-order chi connectivity index (χ1) is 15.0. The van der Waals surface area contributed by atoms with Crippen LogP contribution in [0.2, 0.25) is 5.02 Å². The Bertz CT molecular complexity index is 1030. The van der Waals surface area contributed by atoms with Gasteiger partial charge >= 0.3 is 0 Å². The molecule has 0 spiro atoms. The molecule has 7 heteroatoms. The van der Waals surface area contributed by atoms with Crippen LogP contribution < -0.4 is 4.90 Å². The van der Waals surface area contributed by atoms with E-state index in [0.29, 0.717) is 5.92 Å². The number of hydrogen-bond acceptors (Lipinski definition) is 5. The van der Waals surface area contributed by atoms with E-state index in [1.165, 1.54) is 11.3 Å². The molecule has 4 rings (SSSR count). The van der Waals surface area contributed by atoms with Crippen LogP contribution in [0.1, 0.15) is 42.6 Å². The summed E-state index contributed by atoms with van der Waals surface area (Å²) in [6.07, 6.45) is 6.28. The molecule has 1 atom stereocenters. The third kappa shape index (κ3) is 4.75. The minimum absolute atomic E-state index is 0.364. The van der Waals surface area contributed by atoms with Gasteiger partial charge < -0.3 is 4.90 Å². The molecule has 2 aromatic heterocycles. The van der Waals surface area contributed by atoms with Crippen LogP contribution in [0, 0.1) is 6.92 Å². The quantitative estimate of drug-likeness (QED) is 0.555. The van der Waals surface area contributed by atoms with Gasteiger partial charge in [-0.25, -0.2) is 9.97 Å². The van der Waals surface area contributed by atoms with Crippen LogP contribution in [-0.2, 0) is 13.1 Å². The van der Waals surface area contributed by atoms with Crippen molar-refractivity contribution in [3.63, 3.8) is 0 Å². The normalized spacial score (nSPS) is 17.1. The van der Waals surface area contributed by atoms with E-state index in [1.807, 2.05) is 43.5 Å². The molecule has 0 aliphatic carbocycles. The van der Waals surface area contributed by atoms with Gasteiger partial charge in [0.1, 0.15) is 0 Å². The van der Waals surface area contributed by atoms with Crippen molar-refractivity contribution in [1.82, 2.24) is 24.6 Å². The third-order valence-corrected chi connectivity index (χ3v) is 6.40. The van der Waals surface area contributed by atoms with Gasteiger partial charge in [-0.3, -0.25) is 9.58 Å². The summed E-state index contributed by atoms with van der Waals surface area (Å²) < 4.78 is 2.07. The first kappa shape index (κ1) is 21.8. The lowest BCUT2D eigenvalue weighted by atomic mass is 9.89. The number of halogens is 1. The SMILES string of the molecule is CCn1ncc(CN2CCC[C@H](c3nc(N(C)C)ncc3-c3ccc(Cl)cc3)C2)c1C. The number of anilines is 1. The standard InChI is InChI=1S/C24H31ClN6/c1-5-31-17(2)20(13-27-31)16-30-12-6-7-19(15-30)23-22(14-26-24(28-23)29(3)4)18-8-10-21(25)11-9-18/h8-11,13-14,19H,5-7,12,15-16H2,1-4H3/t19-/m0/s1. The van der Waals surface area contributed by atoms with Crippen molar-refractivity contribution in [3.8, 4) is 11.1 Å². The minimum Gasteiger partial charge on any atom is -0.347 e. The topological polar surface area (TPSA) is 50.1 Å². The van der Waals surface area contributed by atoms with Crippen LogP contribution >= 0.6 is 11.6 Å². The maximum atomic E-state index is 6.12. The zero-order valence-corrected chi connectivity index (χ0v) is 19.6. The maximum Gasteiger partial charge on any atom is 0.225 e. The minimum atomic E-state index is 0.364. The van der Waals surface area contributed by atoms with Crippen LogP contribution in [0.25, 0.3) is 11.1 Å². The largest absolute Gasteiger partial charge is 0.347 e. The lowest BCUT2D eigenvalue weighted by molar-refractivity contribution is 0.198. The highest BCUT2D eigenvalue weighted by molar-refractivity contribution is 6.30. The molecule has 0 unspecified atom stereocenters. The fraction of sp³-hybridized carbons (Fsp3) is 0.458. The Balaban J connectivity index is 1.62. The first-order valence-electron chi connectivity index (χ1n) is 11.0. The van der Waals surface area contributed by atoms with E-state index in [1.54, 1.807) is 0 Å². The second kappa shape index (κ2) is 9.37. The monoisotopic (exact) mass is 438 g/mol. The van der Waals surface area contributed by atoms with E-state index in [-0.39, 0.29) is 0 Å². The molecule has 0 bridgehead atoms. The summed E-state index contributed by atoms with van der Waals surface area (Å²) >= 11 is 6.12. The summed E-state index contributed by atoms with van der Waals surface area (Å²) in [6, 6.07) is 7.98. The maximum absolute atomic E-state index is 6.12. The fourth-order valence-electron chi connectivity index (χ4n) is 4.39. The highest BCUT2D eigenvalue weighted by atomic mass is 35.5. The van der Waals surface area contributed by atoms with E-state index >= 15 is 0 Å². The van der Waals surface area contributed by atoms with Crippen LogP contribution in [0.5, 0.6) is 0 Å². The predicted octanol–water partition coefficient (Wildman–Crippen LogP) is 4.77. The predicted molar refractivity (Wildman–Crippen MR) is 127 cm³/mol. The average molecular weight is 439 g/mol. The van der Waals surface area contributed by atoms with Crippen LogP contribution in [0.15, 0.2) is 36.7 Å². The number of hydrogen-bond donors (Lipinski definition) is 0. The average Bonchev–Trinajstić information content (AvgIpc) is 3.13. The number of aryl methyl sites for hydroxylation is 1. The zero-order chi connectivity index (χ0) is 22.0. The molecular formula is C24H31ClN6. The number of aromatic nitrogens is 4. The van der Waals surface area contributed by atoms with Gasteiger partial charge in [-0.1, -0.05) is 23.7 Å². The van der Waals surface area contributed by atoms with Gasteiger partial charge in [-0.15, -0.1) is 0 Å². The summed E-state index contributed by atoms with van der Waals surface area (Å²) in [5.74, 6) is 1.12. The smallest absolute Gasteiger partial charge is 0.225 e. The number of benzene rings is 1. The molecule has 1 saturated heterocycles. The summed E-state index contributed by atoms with van der Waals surface area (Å²) in [5.41, 5.74) is 5.93. The summed E-state index contributed by atoms with van der Waals surface area (Å²) in [4.78, 5) is 14.1. The van der Waals surface area contributed by atoms with E-state index in [0.717, 1.165) is 66.8 Å². The highest BCUT2D eigenvalue weighted by Crippen LogP contribution is 2.34. The van der Waals surface area contributed by atoms with E-state index in [4.69, 9.17) is 16.6 Å². The molecule has 31 heavy (non-hydrogen) atoms. The summed E-state index contributed by atoms with van der Waals surface area (Å²) in [5, 5.41) is 5.26. The molecule has 0 radical (unpaired) electrons. The molecule has 1 aliphatic rings. The number of rotatable bonds is 6. The molecule has 1 fully saturated rings. The van der Waals surface area contributed by atoms with Gasteiger partial charge in [-0.05, 0) is 50.9 Å². The Morgan fingerprint density at radius 3 is 2.61 bits per heavy atom. The first-order valence-corrected chi connectivity index (χ1v) is 11.4. The van der Waals surface area contributed by atoms with Crippen molar-refractivity contribution in [2.45, 2.75) is 45.7 Å². The molecular weight excluding hydrogens is 408 g/mol. The fourth-order valence-corrected chi connectivity index (χ4v) is 4.51. The number of piperidine rings is 1. The third-order valence-electron chi connectivity index (χ3n) is 6.15. The molecule has 6 nitrogen and oxygen atoms in total. The molecule has 1 aromatic carbocycles. The molecule has 3 aromatic rings. The molecule has 164 valence electrons. The lowest BCUT2D eigenvalue weighted by Gasteiger charge is -2.33. The molecule has 0 amide bonds. The van der Waals surface area contributed by atoms with E-state index in [9.17, 15) is 0 Å². The van der Waals surface area contributed by atoms with Crippen LogP contribution in [0.3, 0.4) is 0 Å². The molecule has 0 N–H and O–H groups in total. The van der Waals surface area contributed by atoms with Gasteiger partial charge in [-0.2, -0.15) is 5.10 Å². The van der Waals surface area contributed by atoms with Gasteiger partial charge in [0.2, 0.25) is 5.95 Å². The molecule has 3 heterocycles. The Hall–Kier alpha value is -2.44. The second-order valence-corrected chi connectivity index (χ2v) is 8.95. The van der Waals surface area contributed by atoms with E-state index in [2.05, 4.69) is 45.6 Å². The van der Waals surface area contributed by atoms with Crippen molar-refractivity contribution in [2.75, 3.05) is 32.1 Å². The molecule has 0 saturated carbocycles. The Labute approximate surface area is 189 Å². The van der Waals surface area contributed by atoms with Crippen molar-refractivity contribution < 1.29 is 0 Å². The van der Waals surface area contributed by atoms with Gasteiger partial charge in [0.15, 0.2) is 0 Å². The van der Waals surface area contributed by atoms with Gasteiger partial charge in [0.05, 0.1) is 11.9 Å². The summed E-state index contributed by atoms with van der Waals surface area (Å²) in [7, 11) is 3.98. The van der Waals surface area contributed by atoms with E-state index < -0.39 is 0 Å². The molecule has 1 aliphatic heterocycles. The Morgan fingerprint density at radius 1 is 1.16 bits per heavy atom.